The minimum atomic E-state index is -0.517. The van der Waals surface area contributed by atoms with Gasteiger partial charge in [-0.15, -0.1) is 0 Å². The standard InChI is InChI=1S/C20H21N5O4/c26-19(14-29-18-9-4-3-8-17(18)25(27)28)23-10-5-11-24(13-12-23)20-21-15-6-1-2-7-16(15)22-20/h1-4,6-9H,5,10-14H2,(H,21,22). The number of carbonyl (C=O) groups excluding carboxylic acids is 1. The molecular weight excluding hydrogens is 374 g/mol. The molecule has 0 unspecified atom stereocenters. The Kier molecular flexibility index (Phi) is 5.28. The van der Waals surface area contributed by atoms with Crippen LogP contribution in [0.3, 0.4) is 0 Å². The van der Waals surface area contributed by atoms with E-state index in [0.29, 0.717) is 19.6 Å². The van der Waals surface area contributed by atoms with E-state index in [1.807, 2.05) is 24.3 Å². The fourth-order valence-electron chi connectivity index (χ4n) is 3.43. The summed E-state index contributed by atoms with van der Waals surface area (Å²) in [6.07, 6.45) is 0.800. The molecule has 1 fully saturated rings. The van der Waals surface area contributed by atoms with Crippen molar-refractivity contribution in [3.8, 4) is 5.75 Å². The molecule has 1 N–H and O–H groups in total. The summed E-state index contributed by atoms with van der Waals surface area (Å²) in [7, 11) is 0. The van der Waals surface area contributed by atoms with Crippen LogP contribution in [0.5, 0.6) is 5.75 Å². The van der Waals surface area contributed by atoms with Gasteiger partial charge >= 0.3 is 5.69 Å². The van der Waals surface area contributed by atoms with Gasteiger partial charge in [-0.05, 0) is 24.6 Å². The first-order valence-corrected chi connectivity index (χ1v) is 9.45. The lowest BCUT2D eigenvalue weighted by atomic mass is 10.3. The molecular formula is C20H21N5O4. The van der Waals surface area contributed by atoms with E-state index in [2.05, 4.69) is 14.9 Å². The number of imidazole rings is 1. The number of H-pyrrole nitrogens is 1. The van der Waals surface area contributed by atoms with Gasteiger partial charge in [0, 0.05) is 32.2 Å². The van der Waals surface area contributed by atoms with Crippen molar-refractivity contribution in [3.05, 3.63) is 58.6 Å². The SMILES string of the molecule is O=C(COc1ccccc1[N+](=O)[O-])N1CCCN(c2nc3ccccc3[nH]2)CC1. The molecule has 1 amide bonds. The molecule has 1 aliphatic heterocycles. The van der Waals surface area contributed by atoms with E-state index in [9.17, 15) is 14.9 Å². The van der Waals surface area contributed by atoms with E-state index in [0.717, 1.165) is 29.9 Å². The minimum Gasteiger partial charge on any atom is -0.477 e. The Labute approximate surface area is 167 Å². The van der Waals surface area contributed by atoms with Gasteiger partial charge in [-0.2, -0.15) is 0 Å². The summed E-state index contributed by atoms with van der Waals surface area (Å²) in [5.41, 5.74) is 1.75. The molecule has 29 heavy (non-hydrogen) atoms. The van der Waals surface area contributed by atoms with Crippen LogP contribution < -0.4 is 9.64 Å². The number of amides is 1. The molecule has 9 nitrogen and oxygen atoms in total. The van der Waals surface area contributed by atoms with Gasteiger partial charge in [0.25, 0.3) is 5.91 Å². The lowest BCUT2D eigenvalue weighted by Gasteiger charge is -2.21. The number of fused-ring (bicyclic) bond motifs is 1. The Balaban J connectivity index is 1.37. The number of benzene rings is 2. The maximum absolute atomic E-state index is 12.6. The molecule has 2 aromatic carbocycles. The number of nitrogens with zero attached hydrogens (tertiary/aromatic N) is 4. The normalized spacial score (nSPS) is 14.6. The molecule has 0 saturated carbocycles. The zero-order valence-corrected chi connectivity index (χ0v) is 15.8. The van der Waals surface area contributed by atoms with E-state index in [1.54, 1.807) is 17.0 Å². The smallest absolute Gasteiger partial charge is 0.310 e. The minimum absolute atomic E-state index is 0.101. The van der Waals surface area contributed by atoms with Gasteiger partial charge in [-0.25, -0.2) is 4.98 Å². The largest absolute Gasteiger partial charge is 0.477 e. The van der Waals surface area contributed by atoms with Gasteiger partial charge in [0.1, 0.15) is 0 Å². The van der Waals surface area contributed by atoms with Crippen molar-refractivity contribution < 1.29 is 14.5 Å². The third-order valence-electron chi connectivity index (χ3n) is 4.94. The highest BCUT2D eigenvalue weighted by Crippen LogP contribution is 2.26. The zero-order chi connectivity index (χ0) is 20.2. The van der Waals surface area contributed by atoms with Crippen molar-refractivity contribution >= 4 is 28.6 Å². The van der Waals surface area contributed by atoms with Crippen LogP contribution in [0.2, 0.25) is 0 Å². The van der Waals surface area contributed by atoms with E-state index >= 15 is 0 Å². The monoisotopic (exact) mass is 395 g/mol. The molecule has 0 spiro atoms. The van der Waals surface area contributed by atoms with Crippen LogP contribution in [0.4, 0.5) is 11.6 Å². The summed E-state index contributed by atoms with van der Waals surface area (Å²) in [6.45, 7) is 2.35. The molecule has 1 aliphatic rings. The maximum atomic E-state index is 12.6. The molecule has 4 rings (SSSR count). The Bertz CT molecular complexity index is 1000. The Morgan fingerprint density at radius 3 is 2.72 bits per heavy atom. The lowest BCUT2D eigenvalue weighted by Crippen LogP contribution is -2.38. The number of carbonyl (C=O) groups is 1. The summed E-state index contributed by atoms with van der Waals surface area (Å²) in [4.78, 5) is 34.9. The predicted molar refractivity (Wildman–Crippen MR) is 108 cm³/mol. The van der Waals surface area contributed by atoms with Gasteiger partial charge in [0.15, 0.2) is 12.4 Å². The van der Waals surface area contributed by atoms with Crippen LogP contribution in [0.1, 0.15) is 6.42 Å². The molecule has 0 bridgehead atoms. The van der Waals surface area contributed by atoms with E-state index < -0.39 is 4.92 Å². The first-order chi connectivity index (χ1) is 14.1. The van der Waals surface area contributed by atoms with E-state index in [-0.39, 0.29) is 24.0 Å². The average molecular weight is 395 g/mol. The van der Waals surface area contributed by atoms with Crippen LogP contribution in [0.25, 0.3) is 11.0 Å². The Hall–Kier alpha value is -3.62. The topological polar surface area (TPSA) is 105 Å². The van der Waals surface area contributed by atoms with Crippen LogP contribution in [0.15, 0.2) is 48.5 Å². The van der Waals surface area contributed by atoms with Crippen molar-refractivity contribution in [1.82, 2.24) is 14.9 Å². The molecule has 0 aliphatic carbocycles. The first kappa shape index (κ1) is 18.7. The predicted octanol–water partition coefficient (Wildman–Crippen LogP) is 2.59. The number of nitrogens with one attached hydrogen (secondary N) is 1. The van der Waals surface area contributed by atoms with Gasteiger partial charge in [-0.1, -0.05) is 24.3 Å². The van der Waals surface area contributed by atoms with Gasteiger partial charge in [-0.3, -0.25) is 14.9 Å². The maximum Gasteiger partial charge on any atom is 0.310 e. The summed E-state index contributed by atoms with van der Waals surface area (Å²) in [5.74, 6) is 0.718. The second-order valence-corrected chi connectivity index (χ2v) is 6.81. The summed E-state index contributed by atoms with van der Waals surface area (Å²) < 4.78 is 5.44. The number of para-hydroxylation sites is 4. The highest BCUT2D eigenvalue weighted by Gasteiger charge is 2.22. The van der Waals surface area contributed by atoms with Crippen LogP contribution in [-0.4, -0.2) is 58.5 Å². The van der Waals surface area contributed by atoms with Gasteiger partial charge in [0.2, 0.25) is 5.95 Å². The van der Waals surface area contributed by atoms with E-state index in [1.165, 1.54) is 12.1 Å². The Morgan fingerprint density at radius 2 is 1.90 bits per heavy atom. The molecule has 0 radical (unpaired) electrons. The second-order valence-electron chi connectivity index (χ2n) is 6.81. The third kappa shape index (κ3) is 4.13. The molecule has 2 heterocycles. The third-order valence-corrected chi connectivity index (χ3v) is 4.94. The van der Waals surface area contributed by atoms with Crippen molar-refractivity contribution in [1.29, 1.82) is 0 Å². The van der Waals surface area contributed by atoms with Crippen molar-refractivity contribution in [2.24, 2.45) is 0 Å². The first-order valence-electron chi connectivity index (χ1n) is 9.45. The molecule has 150 valence electrons. The summed E-state index contributed by atoms with van der Waals surface area (Å²) in [6, 6.07) is 13.9. The van der Waals surface area contributed by atoms with E-state index in [4.69, 9.17) is 4.74 Å². The fourth-order valence-corrected chi connectivity index (χ4v) is 3.43. The molecule has 1 saturated heterocycles. The number of anilines is 1. The number of aromatic amines is 1. The lowest BCUT2D eigenvalue weighted by molar-refractivity contribution is -0.385. The van der Waals surface area contributed by atoms with Gasteiger partial charge in [0.05, 0.1) is 16.0 Å². The van der Waals surface area contributed by atoms with Crippen molar-refractivity contribution in [3.63, 3.8) is 0 Å². The van der Waals surface area contributed by atoms with Crippen molar-refractivity contribution in [2.45, 2.75) is 6.42 Å². The van der Waals surface area contributed by atoms with Crippen LogP contribution >= 0.6 is 0 Å². The average Bonchev–Trinajstić information content (AvgIpc) is 3.01. The molecule has 3 aromatic rings. The number of aromatic nitrogens is 2. The fraction of sp³-hybridized carbons (Fsp3) is 0.300. The number of nitro benzene ring substituents is 1. The molecule has 1 aromatic heterocycles. The molecule has 9 heteroatoms. The summed E-state index contributed by atoms with van der Waals surface area (Å²) >= 11 is 0. The number of hydrogen-bond donors (Lipinski definition) is 1. The Morgan fingerprint density at radius 1 is 1.10 bits per heavy atom. The number of ether oxygens (including phenoxy) is 1. The summed E-state index contributed by atoms with van der Waals surface area (Å²) in [5, 5.41) is 11.1. The number of nitro groups is 1. The number of rotatable bonds is 5. The quantitative estimate of drug-likeness (QED) is 0.526. The zero-order valence-electron chi connectivity index (χ0n) is 15.8. The van der Waals surface area contributed by atoms with Crippen LogP contribution in [0, 0.1) is 10.1 Å². The highest BCUT2D eigenvalue weighted by molar-refractivity contribution is 5.78. The van der Waals surface area contributed by atoms with Crippen LogP contribution in [-0.2, 0) is 4.79 Å². The highest BCUT2D eigenvalue weighted by atomic mass is 16.6. The number of hydrogen-bond acceptors (Lipinski definition) is 6. The second kappa shape index (κ2) is 8.17. The van der Waals surface area contributed by atoms with Crippen molar-refractivity contribution in [2.75, 3.05) is 37.7 Å². The van der Waals surface area contributed by atoms with Gasteiger partial charge < -0.3 is 19.5 Å². The molecule has 0 atom stereocenters.